The van der Waals surface area contributed by atoms with Crippen LogP contribution in [0.4, 0.5) is 0 Å². The average Bonchev–Trinajstić information content (AvgIpc) is 3.60. The maximum Gasteiger partial charge on any atom is 0.258 e. The van der Waals surface area contributed by atoms with E-state index in [1.807, 2.05) is 48.8 Å². The van der Waals surface area contributed by atoms with Crippen molar-refractivity contribution in [1.29, 1.82) is 0 Å². The Morgan fingerprint density at radius 1 is 1.13 bits per heavy atom. The Balaban J connectivity index is 1.31. The predicted molar refractivity (Wildman–Crippen MR) is 154 cm³/mol. The molecule has 1 fully saturated rings. The topological polar surface area (TPSA) is 105 Å². The second kappa shape index (κ2) is 11.4. The molecule has 0 atom stereocenters. The van der Waals surface area contributed by atoms with Crippen molar-refractivity contribution in [2.24, 2.45) is 5.73 Å². The molecular weight excluding hydrogens is 512 g/mol. The minimum Gasteiger partial charge on any atom is -0.432 e. The number of nitrogens with two attached hydrogens (primary N) is 1. The molecule has 0 aliphatic carbocycles. The van der Waals surface area contributed by atoms with E-state index in [9.17, 15) is 9.59 Å². The molecule has 7 nitrogen and oxygen atoms in total. The van der Waals surface area contributed by atoms with Crippen molar-refractivity contribution >= 4 is 25.4 Å². The molecule has 2 aromatic heterocycles. The van der Waals surface area contributed by atoms with Crippen LogP contribution in [0, 0.1) is 0 Å². The molecule has 0 spiro atoms. The number of hydrogen-bond acceptors (Lipinski definition) is 8. The average molecular weight is 547 g/mol. The first-order valence-corrected chi connectivity index (χ1v) is 17.1. The number of ketones is 1. The van der Waals surface area contributed by atoms with Crippen molar-refractivity contribution in [2.45, 2.75) is 44.4 Å². The number of Topliss-reactive ketones (excluding diaryl/α,β-unsaturated/α-hetero) is 1. The summed E-state index contributed by atoms with van der Waals surface area (Å²) in [6, 6.07) is 18.7. The fraction of sp³-hybridized carbons (Fsp3) is 0.345. The number of aromatic nitrogens is 2. The molecule has 1 aliphatic heterocycles. The van der Waals surface area contributed by atoms with Gasteiger partial charge in [0, 0.05) is 17.7 Å². The smallest absolute Gasteiger partial charge is 0.258 e. The summed E-state index contributed by atoms with van der Waals surface area (Å²) in [7, 11) is -2.40. The van der Waals surface area contributed by atoms with Crippen LogP contribution in [0.5, 0.6) is 0 Å². The first kappa shape index (κ1) is 26.6. The van der Waals surface area contributed by atoms with Gasteiger partial charge >= 0.3 is 0 Å². The SMILES string of the molecule is C[Si](C)(O)Cc1cc(C(=O)CN2CCC(c3cccc(CN)c3)CC2)cc(-c2nc(-c3cccs3)no2)c1. The molecule has 3 N–H and O–H groups in total. The molecule has 0 saturated carbocycles. The number of nitrogens with zero attached hydrogens (tertiary/aromatic N) is 3. The van der Waals surface area contributed by atoms with E-state index in [2.05, 4.69) is 39.3 Å². The van der Waals surface area contributed by atoms with E-state index in [4.69, 9.17) is 10.3 Å². The van der Waals surface area contributed by atoms with Crippen LogP contribution in [-0.4, -0.2) is 53.6 Å². The summed E-state index contributed by atoms with van der Waals surface area (Å²) in [5.41, 5.74) is 10.6. The van der Waals surface area contributed by atoms with Crippen LogP contribution in [0.3, 0.4) is 0 Å². The zero-order valence-corrected chi connectivity index (χ0v) is 23.7. The first-order valence-electron chi connectivity index (χ1n) is 13.1. The monoisotopic (exact) mass is 546 g/mol. The molecule has 0 unspecified atom stereocenters. The third kappa shape index (κ3) is 6.54. The van der Waals surface area contributed by atoms with Gasteiger partial charge in [0.15, 0.2) is 14.1 Å². The summed E-state index contributed by atoms with van der Waals surface area (Å²) in [5, 5.41) is 6.10. The quantitative estimate of drug-likeness (QED) is 0.218. The van der Waals surface area contributed by atoms with E-state index in [1.165, 1.54) is 5.56 Å². The first-order chi connectivity index (χ1) is 18.3. The molecule has 1 saturated heterocycles. The highest BCUT2D eigenvalue weighted by atomic mass is 32.1. The lowest BCUT2D eigenvalue weighted by Gasteiger charge is -2.32. The van der Waals surface area contributed by atoms with Gasteiger partial charge < -0.3 is 15.1 Å². The molecule has 4 aromatic rings. The number of rotatable bonds is 9. The summed E-state index contributed by atoms with van der Waals surface area (Å²) in [5.74, 6) is 1.47. The van der Waals surface area contributed by atoms with Gasteiger partial charge in [-0.3, -0.25) is 9.69 Å². The van der Waals surface area contributed by atoms with E-state index in [0.29, 0.717) is 47.9 Å². The van der Waals surface area contributed by atoms with E-state index in [1.54, 1.807) is 11.3 Å². The summed E-state index contributed by atoms with van der Waals surface area (Å²) >= 11 is 1.55. The summed E-state index contributed by atoms with van der Waals surface area (Å²) in [6.07, 6.45) is 2.04. The fourth-order valence-corrected chi connectivity index (χ4v) is 6.97. The third-order valence-electron chi connectivity index (χ3n) is 6.98. The van der Waals surface area contributed by atoms with E-state index in [0.717, 1.165) is 41.9 Å². The highest BCUT2D eigenvalue weighted by molar-refractivity contribution is 7.13. The standard InChI is InChI=1S/C29H34N4O3SSi/c1-38(2,35)19-21-14-24(16-25(15-21)29-31-28(32-36-29)27-7-4-12-37-27)26(34)18-33-10-8-22(9-11-33)23-6-3-5-20(13-23)17-30/h3-7,12-16,22,35H,8-11,17-19,30H2,1-2H3. The van der Waals surface area contributed by atoms with Crippen molar-refractivity contribution in [3.8, 4) is 22.2 Å². The van der Waals surface area contributed by atoms with Crippen LogP contribution in [0.2, 0.25) is 13.1 Å². The second-order valence-electron chi connectivity index (χ2n) is 10.7. The van der Waals surface area contributed by atoms with Crippen LogP contribution in [0.25, 0.3) is 22.2 Å². The zero-order valence-electron chi connectivity index (χ0n) is 21.9. The molecule has 0 bridgehead atoms. The molecule has 1 aliphatic rings. The number of piperidine rings is 1. The Kier molecular flexibility index (Phi) is 8.01. The largest absolute Gasteiger partial charge is 0.432 e. The normalized spacial score (nSPS) is 15.2. The predicted octanol–water partition coefficient (Wildman–Crippen LogP) is 5.27. The van der Waals surface area contributed by atoms with Crippen LogP contribution in [0.1, 0.15) is 45.8 Å². The van der Waals surface area contributed by atoms with Gasteiger partial charge in [-0.05, 0) is 97.3 Å². The van der Waals surface area contributed by atoms with Crippen LogP contribution in [0.15, 0.2) is 64.5 Å². The van der Waals surface area contributed by atoms with Gasteiger partial charge in [-0.1, -0.05) is 35.5 Å². The van der Waals surface area contributed by atoms with Crippen molar-refractivity contribution in [3.63, 3.8) is 0 Å². The van der Waals surface area contributed by atoms with Crippen molar-refractivity contribution in [2.75, 3.05) is 19.6 Å². The van der Waals surface area contributed by atoms with Gasteiger partial charge in [-0.25, -0.2) is 0 Å². The third-order valence-corrected chi connectivity index (χ3v) is 9.12. The minimum atomic E-state index is -2.40. The van der Waals surface area contributed by atoms with Gasteiger partial charge in [0.25, 0.3) is 5.89 Å². The summed E-state index contributed by atoms with van der Waals surface area (Å²) < 4.78 is 5.58. The lowest BCUT2D eigenvalue weighted by molar-refractivity contribution is 0.0909. The number of benzene rings is 2. The van der Waals surface area contributed by atoms with Crippen molar-refractivity contribution in [1.82, 2.24) is 15.0 Å². The Morgan fingerprint density at radius 2 is 1.95 bits per heavy atom. The lowest BCUT2D eigenvalue weighted by Crippen LogP contribution is -2.37. The van der Waals surface area contributed by atoms with Crippen molar-refractivity contribution in [3.05, 3.63) is 82.2 Å². The number of carbonyl (C=O) groups is 1. The molecule has 2 aromatic carbocycles. The Labute approximate surface area is 228 Å². The molecule has 5 rings (SSSR count). The summed E-state index contributed by atoms with van der Waals surface area (Å²) in [6.45, 7) is 6.46. The van der Waals surface area contributed by atoms with E-state index >= 15 is 0 Å². The highest BCUT2D eigenvalue weighted by Crippen LogP contribution is 2.30. The van der Waals surface area contributed by atoms with Gasteiger partial charge in [0.05, 0.1) is 11.4 Å². The van der Waals surface area contributed by atoms with Crippen LogP contribution < -0.4 is 5.73 Å². The minimum absolute atomic E-state index is 0.0621. The number of thiophene rings is 1. The van der Waals surface area contributed by atoms with E-state index < -0.39 is 8.32 Å². The molecule has 0 radical (unpaired) electrons. The molecule has 198 valence electrons. The number of carbonyl (C=O) groups excluding carboxylic acids is 1. The molecule has 3 heterocycles. The molecule has 9 heteroatoms. The van der Waals surface area contributed by atoms with Crippen LogP contribution >= 0.6 is 11.3 Å². The Hall–Kier alpha value is -2.95. The maximum absolute atomic E-state index is 13.5. The van der Waals surface area contributed by atoms with Crippen molar-refractivity contribution < 1.29 is 14.1 Å². The Morgan fingerprint density at radius 3 is 2.66 bits per heavy atom. The lowest BCUT2D eigenvalue weighted by atomic mass is 9.88. The fourth-order valence-electron chi connectivity index (χ4n) is 5.12. The molecular formula is C29H34N4O3SSi. The van der Waals surface area contributed by atoms with Gasteiger partial charge in [0.1, 0.15) is 0 Å². The molecule has 38 heavy (non-hydrogen) atoms. The second-order valence-corrected chi connectivity index (χ2v) is 15.7. The van der Waals surface area contributed by atoms with E-state index in [-0.39, 0.29) is 5.78 Å². The zero-order chi connectivity index (χ0) is 26.7. The summed E-state index contributed by atoms with van der Waals surface area (Å²) in [4.78, 5) is 31.8. The molecule has 0 amide bonds. The highest BCUT2D eigenvalue weighted by Gasteiger charge is 2.25. The Bertz CT molecular complexity index is 1390. The van der Waals surface area contributed by atoms with Gasteiger partial charge in [0.2, 0.25) is 5.82 Å². The number of hydrogen-bond donors (Lipinski definition) is 2. The van der Waals surface area contributed by atoms with Gasteiger partial charge in [-0.2, -0.15) is 4.98 Å². The maximum atomic E-state index is 13.5. The van der Waals surface area contributed by atoms with Gasteiger partial charge in [-0.15, -0.1) is 11.3 Å². The van der Waals surface area contributed by atoms with Crippen LogP contribution in [-0.2, 0) is 12.6 Å². The number of likely N-dealkylation sites (tertiary alicyclic amines) is 1.